The number of anilines is 2. The highest BCUT2D eigenvalue weighted by Crippen LogP contribution is 2.23. The smallest absolute Gasteiger partial charge is 0.240 e. The number of sulfonamides is 1. The molecule has 1 amide bonds. The summed E-state index contributed by atoms with van der Waals surface area (Å²) in [5.74, 6) is -0.268. The zero-order valence-corrected chi connectivity index (χ0v) is 12.6. The Labute approximate surface area is 119 Å². The summed E-state index contributed by atoms with van der Waals surface area (Å²) in [5, 5.41) is 7.62. The van der Waals surface area contributed by atoms with E-state index in [1.807, 2.05) is 4.90 Å². The first-order chi connectivity index (χ1) is 9.16. The molecule has 0 aliphatic heterocycles. The topological polar surface area (TPSA) is 119 Å². The van der Waals surface area contributed by atoms with Crippen LogP contribution in [0.3, 0.4) is 0 Å². The Bertz CT molecular complexity index is 601. The van der Waals surface area contributed by atoms with Gasteiger partial charge < -0.3 is 16.0 Å². The van der Waals surface area contributed by atoms with E-state index in [4.69, 9.17) is 10.9 Å². The number of primary sulfonamides is 1. The summed E-state index contributed by atoms with van der Waals surface area (Å²) in [7, 11) is -0.446. The van der Waals surface area contributed by atoms with Crippen LogP contribution in [-0.4, -0.2) is 35.0 Å². The molecule has 0 saturated heterocycles. The standard InChI is InChI=1S/C12H20N4O3S/c1-8(12(17)15-2)7-16(3)9-4-5-11(10(13)6-9)20(14,18)19/h4-6,8H,7,13H2,1-3H3,(H,15,17)(H2,14,18,19). The van der Waals surface area contributed by atoms with Crippen molar-refractivity contribution in [1.82, 2.24) is 5.32 Å². The van der Waals surface area contributed by atoms with Gasteiger partial charge in [-0.05, 0) is 18.2 Å². The van der Waals surface area contributed by atoms with Crippen LogP contribution < -0.4 is 21.1 Å². The van der Waals surface area contributed by atoms with E-state index in [-0.39, 0.29) is 22.4 Å². The molecule has 0 aliphatic carbocycles. The molecule has 1 aromatic carbocycles. The fraction of sp³-hybridized carbons (Fsp3) is 0.417. The Hall–Kier alpha value is -1.80. The second kappa shape index (κ2) is 6.10. The molecule has 1 rings (SSSR count). The number of nitrogen functional groups attached to an aromatic ring is 1. The summed E-state index contributed by atoms with van der Waals surface area (Å²) in [6.45, 7) is 2.28. The first kappa shape index (κ1) is 16.3. The molecular weight excluding hydrogens is 280 g/mol. The van der Waals surface area contributed by atoms with Crippen molar-refractivity contribution in [3.05, 3.63) is 18.2 Å². The van der Waals surface area contributed by atoms with Gasteiger partial charge in [-0.25, -0.2) is 13.6 Å². The third kappa shape index (κ3) is 3.84. The van der Waals surface area contributed by atoms with Crippen LogP contribution in [0.25, 0.3) is 0 Å². The van der Waals surface area contributed by atoms with Crippen LogP contribution in [0.15, 0.2) is 23.1 Å². The number of hydrogen-bond acceptors (Lipinski definition) is 5. The van der Waals surface area contributed by atoms with Gasteiger partial charge in [-0.3, -0.25) is 4.79 Å². The van der Waals surface area contributed by atoms with E-state index in [0.29, 0.717) is 12.2 Å². The summed E-state index contributed by atoms with van der Waals surface area (Å²) in [6, 6.07) is 4.49. The first-order valence-electron chi connectivity index (χ1n) is 6.02. The van der Waals surface area contributed by atoms with Crippen molar-refractivity contribution in [2.24, 2.45) is 11.1 Å². The van der Waals surface area contributed by atoms with Gasteiger partial charge in [-0.15, -0.1) is 0 Å². The SMILES string of the molecule is CNC(=O)C(C)CN(C)c1ccc(S(N)(=O)=O)c(N)c1. The van der Waals surface area contributed by atoms with Crippen LogP contribution in [0.2, 0.25) is 0 Å². The van der Waals surface area contributed by atoms with E-state index in [0.717, 1.165) is 0 Å². The van der Waals surface area contributed by atoms with E-state index < -0.39 is 10.0 Å². The second-order valence-electron chi connectivity index (χ2n) is 4.66. The van der Waals surface area contributed by atoms with Crippen LogP contribution in [0.5, 0.6) is 0 Å². The molecule has 1 atom stereocenters. The Balaban J connectivity index is 2.93. The molecule has 112 valence electrons. The molecule has 0 saturated carbocycles. The number of benzene rings is 1. The molecule has 8 heteroatoms. The Morgan fingerprint density at radius 1 is 1.45 bits per heavy atom. The summed E-state index contributed by atoms with van der Waals surface area (Å²) < 4.78 is 22.5. The normalized spacial score (nSPS) is 12.8. The highest BCUT2D eigenvalue weighted by atomic mass is 32.2. The number of nitrogens with one attached hydrogen (secondary N) is 1. The minimum atomic E-state index is -3.82. The van der Waals surface area contributed by atoms with Crippen LogP contribution in [0.1, 0.15) is 6.92 Å². The largest absolute Gasteiger partial charge is 0.398 e. The summed E-state index contributed by atoms with van der Waals surface area (Å²) in [6.07, 6.45) is 0. The summed E-state index contributed by atoms with van der Waals surface area (Å²) >= 11 is 0. The van der Waals surface area contributed by atoms with Gasteiger partial charge >= 0.3 is 0 Å². The quantitative estimate of drug-likeness (QED) is 0.647. The van der Waals surface area contributed by atoms with Gasteiger partial charge in [0.1, 0.15) is 4.90 Å². The summed E-state index contributed by atoms with van der Waals surface area (Å²) in [4.78, 5) is 13.2. The molecule has 20 heavy (non-hydrogen) atoms. The lowest BCUT2D eigenvalue weighted by Gasteiger charge is -2.23. The lowest BCUT2D eigenvalue weighted by Crippen LogP contribution is -2.34. The molecule has 1 aromatic rings. The van der Waals surface area contributed by atoms with E-state index >= 15 is 0 Å². The predicted octanol–water partition coefficient (Wildman–Crippen LogP) is -0.265. The van der Waals surface area contributed by atoms with Gasteiger partial charge in [0, 0.05) is 26.3 Å². The maximum absolute atomic E-state index is 11.5. The number of carbonyl (C=O) groups is 1. The minimum Gasteiger partial charge on any atom is -0.398 e. The number of carbonyl (C=O) groups excluding carboxylic acids is 1. The average Bonchev–Trinajstić information content (AvgIpc) is 2.35. The average molecular weight is 300 g/mol. The molecule has 1 unspecified atom stereocenters. The summed E-state index contributed by atoms with van der Waals surface area (Å²) in [5.41, 5.74) is 6.50. The molecule has 0 bridgehead atoms. The van der Waals surface area contributed by atoms with E-state index in [9.17, 15) is 13.2 Å². The number of rotatable bonds is 5. The van der Waals surface area contributed by atoms with E-state index in [1.165, 1.54) is 12.1 Å². The maximum atomic E-state index is 11.5. The predicted molar refractivity (Wildman–Crippen MR) is 78.7 cm³/mol. The first-order valence-corrected chi connectivity index (χ1v) is 7.56. The fourth-order valence-electron chi connectivity index (χ4n) is 1.88. The molecule has 0 aromatic heterocycles. The Morgan fingerprint density at radius 2 is 2.05 bits per heavy atom. The third-order valence-corrected chi connectivity index (χ3v) is 3.97. The zero-order valence-electron chi connectivity index (χ0n) is 11.8. The molecule has 7 nitrogen and oxygen atoms in total. The van der Waals surface area contributed by atoms with Crippen molar-refractivity contribution in [2.75, 3.05) is 31.3 Å². The van der Waals surface area contributed by atoms with Gasteiger partial charge in [0.2, 0.25) is 15.9 Å². The highest BCUT2D eigenvalue weighted by Gasteiger charge is 2.16. The van der Waals surface area contributed by atoms with Gasteiger partial charge in [0.15, 0.2) is 0 Å². The van der Waals surface area contributed by atoms with Crippen LogP contribution >= 0.6 is 0 Å². The monoisotopic (exact) mass is 300 g/mol. The second-order valence-corrected chi connectivity index (χ2v) is 6.19. The highest BCUT2D eigenvalue weighted by molar-refractivity contribution is 7.89. The van der Waals surface area contributed by atoms with Crippen LogP contribution in [-0.2, 0) is 14.8 Å². The van der Waals surface area contributed by atoms with Crippen LogP contribution in [0, 0.1) is 5.92 Å². The lowest BCUT2D eigenvalue weighted by atomic mass is 10.1. The molecule has 0 aliphatic rings. The van der Waals surface area contributed by atoms with Gasteiger partial charge in [-0.1, -0.05) is 6.92 Å². The molecule has 5 N–H and O–H groups in total. The number of amides is 1. The maximum Gasteiger partial charge on any atom is 0.240 e. The third-order valence-electron chi connectivity index (χ3n) is 2.98. The molecule has 0 spiro atoms. The van der Waals surface area contributed by atoms with Gasteiger partial charge in [0.25, 0.3) is 0 Å². The van der Waals surface area contributed by atoms with Crippen molar-refractivity contribution >= 4 is 27.3 Å². The number of nitrogens with zero attached hydrogens (tertiary/aromatic N) is 1. The molecule has 0 fully saturated rings. The molecule has 0 radical (unpaired) electrons. The van der Waals surface area contributed by atoms with Gasteiger partial charge in [0.05, 0.1) is 11.6 Å². The van der Waals surface area contributed by atoms with Crippen molar-refractivity contribution in [1.29, 1.82) is 0 Å². The molecular formula is C12H20N4O3S. The number of hydrogen-bond donors (Lipinski definition) is 3. The van der Waals surface area contributed by atoms with E-state index in [2.05, 4.69) is 5.32 Å². The van der Waals surface area contributed by atoms with Crippen molar-refractivity contribution in [3.63, 3.8) is 0 Å². The van der Waals surface area contributed by atoms with Crippen LogP contribution in [0.4, 0.5) is 11.4 Å². The minimum absolute atomic E-state index is 0.0639. The lowest BCUT2D eigenvalue weighted by molar-refractivity contribution is -0.123. The van der Waals surface area contributed by atoms with Crippen molar-refractivity contribution in [2.45, 2.75) is 11.8 Å². The van der Waals surface area contributed by atoms with Crippen molar-refractivity contribution < 1.29 is 13.2 Å². The number of nitrogens with two attached hydrogens (primary N) is 2. The Morgan fingerprint density at radius 3 is 2.50 bits per heavy atom. The van der Waals surface area contributed by atoms with Crippen molar-refractivity contribution in [3.8, 4) is 0 Å². The van der Waals surface area contributed by atoms with Gasteiger partial charge in [-0.2, -0.15) is 0 Å². The fourth-order valence-corrected chi connectivity index (χ4v) is 2.52. The zero-order chi connectivity index (χ0) is 15.5. The Kier molecular flexibility index (Phi) is 4.96. The molecule has 0 heterocycles. The van der Waals surface area contributed by atoms with E-state index in [1.54, 1.807) is 27.1 Å².